The van der Waals surface area contributed by atoms with Gasteiger partial charge >= 0.3 is 5.97 Å². The van der Waals surface area contributed by atoms with Gasteiger partial charge in [0.05, 0.1) is 46.1 Å². The second-order valence-electron chi connectivity index (χ2n) is 30.2. The van der Waals surface area contributed by atoms with E-state index in [0.29, 0.717) is 33.6 Å². The zero-order valence-corrected chi connectivity index (χ0v) is 73.2. The summed E-state index contributed by atoms with van der Waals surface area (Å²) in [7, 11) is -15.9. The zero-order valence-electron chi connectivity index (χ0n) is 65.8. The highest BCUT2D eigenvalue weighted by atomic mass is 35.5. The molecule has 0 aliphatic carbocycles. The Labute approximate surface area is 694 Å². The van der Waals surface area contributed by atoms with Crippen molar-refractivity contribution < 1.29 is 107 Å². The number of halogens is 14. The molecular formula is C83H94Cl4F10O14S3Si2. The number of ether oxygens (including phenoxy) is 3. The third-order valence-corrected chi connectivity index (χ3v) is 37.0. The fourth-order valence-electron chi connectivity index (χ4n) is 11.8. The summed E-state index contributed by atoms with van der Waals surface area (Å²) in [5, 5.41) is 16.0. The normalized spacial score (nSPS) is 16.4. The Bertz CT molecular complexity index is 5030. The molecule has 8 aromatic rings. The van der Waals surface area contributed by atoms with Crippen LogP contribution < -0.4 is 9.47 Å². The van der Waals surface area contributed by atoms with Gasteiger partial charge in [0.2, 0.25) is 0 Å². The van der Waals surface area contributed by atoms with Gasteiger partial charge in [0, 0.05) is 81.5 Å². The molecule has 10 rings (SSSR count). The maximum absolute atomic E-state index is 15.1. The van der Waals surface area contributed by atoms with Crippen molar-refractivity contribution in [1.29, 1.82) is 0 Å². The second-order valence-corrected chi connectivity index (χ2v) is 47.8. The van der Waals surface area contributed by atoms with Gasteiger partial charge in [0.25, 0.3) is 0 Å². The molecule has 0 bridgehead atoms. The van der Waals surface area contributed by atoms with Gasteiger partial charge in [0.15, 0.2) is 92.5 Å². The lowest BCUT2D eigenvalue weighted by atomic mass is 9.95. The summed E-state index contributed by atoms with van der Waals surface area (Å²) in [6, 6.07) is 29.9. The van der Waals surface area contributed by atoms with Gasteiger partial charge in [-0.1, -0.05) is 113 Å². The second kappa shape index (κ2) is 42.4. The lowest BCUT2D eigenvalue weighted by Gasteiger charge is -2.38. The Kier molecular flexibility index (Phi) is 35.8. The highest BCUT2D eigenvalue weighted by molar-refractivity contribution is 7.92. The first-order valence-electron chi connectivity index (χ1n) is 36.6. The fourth-order valence-corrected chi connectivity index (χ4v) is 20.6. The van der Waals surface area contributed by atoms with Crippen molar-refractivity contribution in [3.8, 4) is 11.5 Å². The van der Waals surface area contributed by atoms with Gasteiger partial charge in [-0.25, -0.2) is 74.0 Å². The van der Waals surface area contributed by atoms with E-state index in [1.807, 2.05) is 40.8 Å². The van der Waals surface area contributed by atoms with E-state index in [1.165, 1.54) is 86.0 Å². The summed E-state index contributed by atoms with van der Waals surface area (Å²) in [5.41, 5.74) is -0.887. The zero-order chi connectivity index (χ0) is 86.8. The molecule has 0 amide bonds. The monoisotopic (exact) mass is 1800 g/mol. The predicted octanol–water partition coefficient (Wildman–Crippen LogP) is 22.0. The molecule has 634 valence electrons. The minimum absolute atomic E-state index is 0.0132. The van der Waals surface area contributed by atoms with E-state index in [-0.39, 0.29) is 110 Å². The molecule has 0 saturated heterocycles. The van der Waals surface area contributed by atoms with Crippen LogP contribution in [0.3, 0.4) is 0 Å². The number of hydrogen-bond donors (Lipinski definition) is 2. The van der Waals surface area contributed by atoms with Gasteiger partial charge in [-0.3, -0.25) is 0 Å². The Morgan fingerprint density at radius 1 is 0.517 bits per heavy atom. The number of sulfone groups is 3. The van der Waals surface area contributed by atoms with Gasteiger partial charge in [-0.2, -0.15) is 0 Å². The summed E-state index contributed by atoms with van der Waals surface area (Å²) < 4.78 is 251. The molecule has 2 aliphatic heterocycles. The minimum Gasteiger partial charge on any atom is -0.490 e. The van der Waals surface area contributed by atoms with Crippen LogP contribution in [0.1, 0.15) is 118 Å². The number of carbonyl (C=O) groups is 1. The Hall–Kier alpha value is -6.85. The third-order valence-electron chi connectivity index (χ3n) is 20.4. The van der Waals surface area contributed by atoms with Crippen LogP contribution >= 0.6 is 46.4 Å². The lowest BCUT2D eigenvalue weighted by molar-refractivity contribution is -0.134. The van der Waals surface area contributed by atoms with Crippen LogP contribution in [0, 0.1) is 75.9 Å². The van der Waals surface area contributed by atoms with Gasteiger partial charge in [-0.05, 0) is 214 Å². The smallest absolute Gasteiger partial charge is 0.330 e. The van der Waals surface area contributed by atoms with Crippen LogP contribution in [0.2, 0.25) is 56.4 Å². The number of carbonyl (C=O) groups excluding carboxylic acids is 1. The van der Waals surface area contributed by atoms with Crippen molar-refractivity contribution >= 4 is 98.5 Å². The van der Waals surface area contributed by atoms with E-state index >= 15 is 4.39 Å². The topological polar surface area (TPSA) is 206 Å². The minimum atomic E-state index is -4.44. The van der Waals surface area contributed by atoms with Crippen LogP contribution in [0.15, 0.2) is 172 Å². The van der Waals surface area contributed by atoms with E-state index in [2.05, 4.69) is 38.6 Å². The number of aliphatic hydroxyl groups excluding tert-OH is 2. The standard InChI is InChI=1S/C23H30ClF3O4SSi.C23H29ClF2O4SSi.C17H15ClF2O4S.C14H10ClF3.C6H10O2/c1-23(2,3)33(4,5)31-14-15(12-13-28)22(20-18(25)10-11-19(26)21(20)27)32(29,30)17-8-6-16(24)7-9-17;1-23(2,3)32(4,5)30-14-15-12-13-29-21-19(26)11-10-18(25)20(21)22(15)31(27,28)17-8-6-16(24)7-9-17;18-11-1-3-12(4-2-11)25(22,23)17-10(9-21)7-8-24-16-14(20)6-5-13(19)15(16)17;15-10-4-1-9(2-5-10)3-6-11-12(16)7-8-13(17)14(11)18;1-3-4-5-6(7)8-2/h6-11,15,22,28H,12-14H2,1-5H3;6-11,15,22H,12-14H2,1-5H3;1-6,10,17,21H,7-9H2;1-2,4-5,7-8H,3,6H2;4-5H,3H2,1-2H3. The lowest BCUT2D eigenvalue weighted by Crippen LogP contribution is -2.43. The molecular weight excluding hydrogens is 1710 g/mol. The average molecular weight is 1800 g/mol. The highest BCUT2D eigenvalue weighted by Crippen LogP contribution is 2.50. The molecule has 0 saturated carbocycles. The number of fused-ring (bicyclic) bond motifs is 2. The van der Waals surface area contributed by atoms with Crippen molar-refractivity contribution in [1.82, 2.24) is 0 Å². The summed E-state index contributed by atoms with van der Waals surface area (Å²) in [5.74, 6) is -13.9. The molecule has 33 heteroatoms. The number of hydrogen-bond acceptors (Lipinski definition) is 14. The third kappa shape index (κ3) is 25.1. The number of rotatable bonds is 22. The molecule has 14 nitrogen and oxygen atoms in total. The van der Waals surface area contributed by atoms with Crippen molar-refractivity contribution in [3.63, 3.8) is 0 Å². The van der Waals surface area contributed by atoms with Crippen molar-refractivity contribution in [2.45, 2.75) is 154 Å². The molecule has 116 heavy (non-hydrogen) atoms. The molecule has 8 aromatic carbocycles. The van der Waals surface area contributed by atoms with Gasteiger partial charge in [-0.15, -0.1) is 0 Å². The van der Waals surface area contributed by atoms with E-state index in [1.54, 1.807) is 30.3 Å². The van der Waals surface area contributed by atoms with Crippen LogP contribution in [0.4, 0.5) is 43.9 Å². The summed E-state index contributed by atoms with van der Waals surface area (Å²) in [6.45, 7) is 21.2. The van der Waals surface area contributed by atoms with Crippen LogP contribution in [-0.2, 0) is 60.7 Å². The van der Waals surface area contributed by atoms with Crippen LogP contribution in [0.25, 0.3) is 0 Å². The quantitative estimate of drug-likeness (QED) is 0.0213. The molecule has 0 spiro atoms. The molecule has 0 aromatic heterocycles. The average Bonchev–Trinajstić information content (AvgIpc) is 1.27. The molecule has 2 aliphatic rings. The van der Waals surface area contributed by atoms with Crippen molar-refractivity contribution in [2.75, 3.05) is 46.8 Å². The highest BCUT2D eigenvalue weighted by Gasteiger charge is 2.48. The number of methoxy groups -OCH3 is 1. The van der Waals surface area contributed by atoms with Gasteiger partial charge in [0.1, 0.15) is 39.0 Å². The molecule has 0 radical (unpaired) electrons. The first-order chi connectivity index (χ1) is 54.1. The van der Waals surface area contributed by atoms with Gasteiger partial charge < -0.3 is 33.3 Å². The number of allylic oxidation sites excluding steroid dienone is 1. The number of aryl methyl sites for hydroxylation is 1. The summed E-state index contributed by atoms with van der Waals surface area (Å²) >= 11 is 23.3. The van der Waals surface area contributed by atoms with Crippen LogP contribution in [-0.4, -0.2) is 105 Å². The van der Waals surface area contributed by atoms with Crippen molar-refractivity contribution in [2.24, 2.45) is 17.8 Å². The van der Waals surface area contributed by atoms with E-state index < -0.39 is 162 Å². The molecule has 6 atom stereocenters. The Morgan fingerprint density at radius 2 is 0.905 bits per heavy atom. The van der Waals surface area contributed by atoms with Crippen molar-refractivity contribution in [3.05, 3.63) is 264 Å². The maximum Gasteiger partial charge on any atom is 0.330 e. The predicted molar refractivity (Wildman–Crippen MR) is 436 cm³/mol. The number of benzene rings is 8. The largest absolute Gasteiger partial charge is 0.490 e. The van der Waals surface area contributed by atoms with E-state index in [4.69, 9.17) is 64.7 Å². The van der Waals surface area contributed by atoms with Crippen LogP contribution in [0.5, 0.6) is 11.5 Å². The number of esters is 1. The first kappa shape index (κ1) is 98.0. The molecule has 2 heterocycles. The first-order valence-corrected chi connectivity index (χ1v) is 48.5. The summed E-state index contributed by atoms with van der Waals surface area (Å²) in [4.78, 5) is 9.94. The Morgan fingerprint density at radius 3 is 1.34 bits per heavy atom. The fraction of sp³-hybridized carbons (Fsp3) is 0.386. The van der Waals surface area contributed by atoms with E-state index in [9.17, 15) is 79.8 Å². The SMILES string of the molecule is CC(C)(C)[Si](C)(C)OCC(CCO)C(c1c(F)ccc(F)c1F)S(=O)(=O)c1ccc(Cl)cc1.CC(C)(C)[Si](C)(C)OCC1CCOc2c(F)ccc(F)c2C1S(=O)(=O)c1ccc(Cl)cc1.CCC=CC(=O)OC.Fc1ccc(F)c(CCc2ccc(Cl)cc2)c1F.O=S(=O)(c1ccc(Cl)cc1)C1c2c(F)ccc(F)c2OCCC1CO. The summed E-state index contributed by atoms with van der Waals surface area (Å²) in [6.07, 6.45) is 4.87. The van der Waals surface area contributed by atoms with E-state index in [0.717, 1.165) is 48.4 Å². The molecule has 6 unspecified atom stereocenters. The maximum atomic E-state index is 15.1. The molecule has 0 fully saturated rings. The Balaban J connectivity index is 0.000000237. The molecule has 2 N–H and O–H groups in total. The number of aliphatic hydroxyl groups is 2.